The van der Waals surface area contributed by atoms with Crippen LogP contribution in [0.5, 0.6) is 5.75 Å². The molecular formula is C18H17N7O2. The summed E-state index contributed by atoms with van der Waals surface area (Å²) in [4.78, 5) is 12.6. The van der Waals surface area contributed by atoms with Crippen molar-refractivity contribution in [3.05, 3.63) is 60.6 Å². The number of benzene rings is 1. The number of anilines is 3. The van der Waals surface area contributed by atoms with Crippen LogP contribution >= 0.6 is 0 Å². The Morgan fingerprint density at radius 2 is 1.96 bits per heavy atom. The minimum absolute atomic E-state index is 0.389. The number of furan rings is 1. The molecule has 136 valence electrons. The quantitative estimate of drug-likeness (QED) is 0.459. The van der Waals surface area contributed by atoms with Crippen molar-refractivity contribution < 1.29 is 9.15 Å². The molecule has 0 spiro atoms. The van der Waals surface area contributed by atoms with Crippen molar-refractivity contribution in [2.45, 2.75) is 6.54 Å². The molecule has 9 nitrogen and oxygen atoms in total. The van der Waals surface area contributed by atoms with Gasteiger partial charge < -0.3 is 19.8 Å². The van der Waals surface area contributed by atoms with Gasteiger partial charge in [0.15, 0.2) is 11.6 Å². The van der Waals surface area contributed by atoms with E-state index in [1.165, 1.54) is 6.33 Å². The topological polar surface area (TPSA) is 114 Å². The monoisotopic (exact) mass is 363 g/mol. The van der Waals surface area contributed by atoms with E-state index >= 15 is 0 Å². The fourth-order valence-electron chi connectivity index (χ4n) is 2.42. The maximum atomic E-state index is 5.33. The van der Waals surface area contributed by atoms with Crippen LogP contribution in [0.25, 0.3) is 11.5 Å². The van der Waals surface area contributed by atoms with E-state index in [4.69, 9.17) is 9.15 Å². The van der Waals surface area contributed by atoms with Gasteiger partial charge >= 0.3 is 0 Å². The first kappa shape index (κ1) is 16.6. The average Bonchev–Trinajstić information content (AvgIpc) is 3.39. The summed E-state index contributed by atoms with van der Waals surface area (Å²) in [5.74, 6) is 2.95. The van der Waals surface area contributed by atoms with Crippen LogP contribution in [0.15, 0.2) is 59.5 Å². The van der Waals surface area contributed by atoms with Crippen LogP contribution in [0.2, 0.25) is 0 Å². The zero-order valence-electron chi connectivity index (χ0n) is 14.5. The minimum atomic E-state index is 0.389. The number of nitrogens with one attached hydrogen (secondary N) is 3. The van der Waals surface area contributed by atoms with Crippen LogP contribution in [0.3, 0.4) is 0 Å². The number of rotatable bonds is 7. The van der Waals surface area contributed by atoms with Crippen molar-refractivity contribution in [3.8, 4) is 17.2 Å². The summed E-state index contributed by atoms with van der Waals surface area (Å²) in [6.07, 6.45) is 3.04. The molecule has 0 aliphatic rings. The SMILES string of the molecule is COc1ccc(CNc2ncnc(Nc3cc(-c4ccco4)[nH]n3)n2)cc1. The van der Waals surface area contributed by atoms with Gasteiger partial charge in [-0.1, -0.05) is 12.1 Å². The summed E-state index contributed by atoms with van der Waals surface area (Å²) in [5.41, 5.74) is 1.84. The van der Waals surface area contributed by atoms with Crippen molar-refractivity contribution in [1.29, 1.82) is 0 Å². The van der Waals surface area contributed by atoms with Crippen LogP contribution in [0.4, 0.5) is 17.7 Å². The molecule has 9 heteroatoms. The summed E-state index contributed by atoms with van der Waals surface area (Å²) in [6, 6.07) is 13.2. The van der Waals surface area contributed by atoms with E-state index in [1.807, 2.05) is 42.5 Å². The molecule has 0 saturated carbocycles. The summed E-state index contributed by atoms with van der Waals surface area (Å²) in [6.45, 7) is 0.582. The molecule has 27 heavy (non-hydrogen) atoms. The van der Waals surface area contributed by atoms with Crippen molar-refractivity contribution in [2.75, 3.05) is 17.7 Å². The third kappa shape index (κ3) is 4.03. The van der Waals surface area contributed by atoms with Gasteiger partial charge in [-0.05, 0) is 29.8 Å². The normalized spacial score (nSPS) is 10.6. The van der Waals surface area contributed by atoms with Crippen molar-refractivity contribution >= 4 is 17.7 Å². The Morgan fingerprint density at radius 3 is 2.74 bits per heavy atom. The summed E-state index contributed by atoms with van der Waals surface area (Å²) >= 11 is 0. The lowest BCUT2D eigenvalue weighted by molar-refractivity contribution is 0.414. The highest BCUT2D eigenvalue weighted by atomic mass is 16.5. The Balaban J connectivity index is 1.40. The minimum Gasteiger partial charge on any atom is -0.497 e. The van der Waals surface area contributed by atoms with Crippen molar-refractivity contribution in [1.82, 2.24) is 25.1 Å². The number of ether oxygens (including phenoxy) is 1. The first-order valence-electron chi connectivity index (χ1n) is 8.22. The highest BCUT2D eigenvalue weighted by Gasteiger charge is 2.08. The van der Waals surface area contributed by atoms with Gasteiger partial charge in [-0.15, -0.1) is 0 Å². The molecule has 0 amide bonds. The van der Waals surface area contributed by atoms with Gasteiger partial charge in [-0.2, -0.15) is 10.1 Å². The number of hydrogen-bond acceptors (Lipinski definition) is 8. The van der Waals surface area contributed by atoms with E-state index in [1.54, 1.807) is 13.4 Å². The Morgan fingerprint density at radius 1 is 1.11 bits per heavy atom. The van der Waals surface area contributed by atoms with Crippen LogP contribution in [0, 0.1) is 0 Å². The first-order chi connectivity index (χ1) is 13.3. The first-order valence-corrected chi connectivity index (χ1v) is 8.22. The van der Waals surface area contributed by atoms with Gasteiger partial charge in [-0.3, -0.25) is 5.10 Å². The van der Waals surface area contributed by atoms with Gasteiger partial charge in [0, 0.05) is 12.6 Å². The molecule has 0 bridgehead atoms. The van der Waals surface area contributed by atoms with Gasteiger partial charge in [0.05, 0.1) is 13.4 Å². The average molecular weight is 363 g/mol. The Hall–Kier alpha value is -3.88. The van der Waals surface area contributed by atoms with Crippen LogP contribution in [0.1, 0.15) is 5.56 Å². The molecule has 0 unspecified atom stereocenters. The van der Waals surface area contributed by atoms with Gasteiger partial charge in [-0.25, -0.2) is 9.97 Å². The Bertz CT molecular complexity index is 997. The van der Waals surface area contributed by atoms with Crippen LogP contribution in [-0.2, 0) is 6.54 Å². The molecule has 3 heterocycles. The zero-order valence-corrected chi connectivity index (χ0v) is 14.5. The third-order valence-electron chi connectivity index (χ3n) is 3.79. The van der Waals surface area contributed by atoms with E-state index in [0.29, 0.717) is 30.0 Å². The summed E-state index contributed by atoms with van der Waals surface area (Å²) in [7, 11) is 1.64. The third-order valence-corrected chi connectivity index (χ3v) is 3.79. The predicted molar refractivity (Wildman–Crippen MR) is 99.7 cm³/mol. The van der Waals surface area contributed by atoms with E-state index in [-0.39, 0.29) is 0 Å². The number of nitrogens with zero attached hydrogens (tertiary/aromatic N) is 4. The maximum absolute atomic E-state index is 5.33. The number of aromatic nitrogens is 5. The lowest BCUT2D eigenvalue weighted by Gasteiger charge is -2.07. The molecule has 0 saturated heterocycles. The molecule has 3 aromatic heterocycles. The second-order valence-corrected chi connectivity index (χ2v) is 5.60. The Kier molecular flexibility index (Phi) is 4.64. The lowest BCUT2D eigenvalue weighted by atomic mass is 10.2. The molecule has 4 aromatic rings. The largest absolute Gasteiger partial charge is 0.497 e. The van der Waals surface area contributed by atoms with Gasteiger partial charge in [0.2, 0.25) is 11.9 Å². The van der Waals surface area contributed by atoms with E-state index in [2.05, 4.69) is 35.8 Å². The van der Waals surface area contributed by atoms with E-state index < -0.39 is 0 Å². The fourth-order valence-corrected chi connectivity index (χ4v) is 2.42. The predicted octanol–water partition coefficient (Wildman–Crippen LogP) is 3.22. The second kappa shape index (κ2) is 7.56. The second-order valence-electron chi connectivity index (χ2n) is 5.60. The zero-order chi connectivity index (χ0) is 18.5. The number of hydrogen-bond donors (Lipinski definition) is 3. The molecular weight excluding hydrogens is 346 g/mol. The smallest absolute Gasteiger partial charge is 0.233 e. The Labute approximate surface area is 154 Å². The fraction of sp³-hybridized carbons (Fsp3) is 0.111. The van der Waals surface area contributed by atoms with E-state index in [9.17, 15) is 0 Å². The maximum Gasteiger partial charge on any atom is 0.233 e. The molecule has 0 aliphatic carbocycles. The molecule has 0 atom stereocenters. The van der Waals surface area contributed by atoms with Crippen LogP contribution < -0.4 is 15.4 Å². The summed E-state index contributed by atoms with van der Waals surface area (Å²) in [5, 5.41) is 13.3. The number of aromatic amines is 1. The standard InChI is InChI=1S/C18H17N7O2/c1-26-13-6-4-12(5-7-13)10-19-17-20-11-21-18(23-17)22-16-9-14(24-25-16)15-3-2-8-27-15/h2-9,11H,10H2,1H3,(H3,19,20,21,22,23,24,25). The number of methoxy groups -OCH3 is 1. The molecule has 0 aliphatic heterocycles. The highest BCUT2D eigenvalue weighted by Crippen LogP contribution is 2.21. The molecule has 3 N–H and O–H groups in total. The van der Waals surface area contributed by atoms with Crippen LogP contribution in [-0.4, -0.2) is 32.3 Å². The molecule has 0 radical (unpaired) electrons. The highest BCUT2D eigenvalue weighted by molar-refractivity contribution is 5.60. The van der Waals surface area contributed by atoms with Crippen molar-refractivity contribution in [3.63, 3.8) is 0 Å². The lowest BCUT2D eigenvalue weighted by Crippen LogP contribution is -2.06. The van der Waals surface area contributed by atoms with Crippen molar-refractivity contribution in [2.24, 2.45) is 0 Å². The number of H-pyrrole nitrogens is 1. The molecule has 0 fully saturated rings. The molecule has 4 rings (SSSR count). The van der Waals surface area contributed by atoms with E-state index in [0.717, 1.165) is 17.0 Å². The van der Waals surface area contributed by atoms with Gasteiger partial charge in [0.25, 0.3) is 0 Å². The molecule has 1 aromatic carbocycles. The summed E-state index contributed by atoms with van der Waals surface area (Å²) < 4.78 is 10.5. The van der Waals surface area contributed by atoms with Gasteiger partial charge in [0.1, 0.15) is 17.8 Å².